The number of nitrogens with zero attached hydrogens (tertiary/aromatic N) is 2. The number of benzene rings is 2. The Kier molecular flexibility index (Phi) is 11.7. The third-order valence-corrected chi connectivity index (χ3v) is 7.58. The molecule has 0 spiro atoms. The molecule has 0 aliphatic heterocycles. The Hall–Kier alpha value is -2.78. The first kappa shape index (κ1) is 30.4. The standard InChI is InChI=1S/C27H38ClN3O5S/c1-6-20(3)29-27(33)25(7-2)30(19-21-13-15-24(36-4)16-14-21)26(32)12-9-17-31(37(5,34)35)23-11-8-10-22(28)18-23/h8,10-11,13-16,18,20,25H,6-7,9,12,17,19H2,1-5H3,(H,29,33)/t20-,25+/m0/s1. The number of halogens is 1. The summed E-state index contributed by atoms with van der Waals surface area (Å²) in [4.78, 5) is 28.2. The predicted octanol–water partition coefficient (Wildman–Crippen LogP) is 4.62. The molecular weight excluding hydrogens is 514 g/mol. The lowest BCUT2D eigenvalue weighted by Crippen LogP contribution is -2.50. The van der Waals surface area contributed by atoms with Crippen LogP contribution in [-0.2, 0) is 26.2 Å². The van der Waals surface area contributed by atoms with E-state index in [2.05, 4.69) is 5.32 Å². The van der Waals surface area contributed by atoms with Crippen LogP contribution in [-0.4, -0.2) is 57.1 Å². The second-order valence-corrected chi connectivity index (χ2v) is 11.4. The Morgan fingerprint density at radius 1 is 1.08 bits per heavy atom. The third-order valence-electron chi connectivity index (χ3n) is 6.15. The van der Waals surface area contributed by atoms with Gasteiger partial charge < -0.3 is 15.0 Å². The van der Waals surface area contributed by atoms with Crippen LogP contribution in [0.5, 0.6) is 5.75 Å². The normalized spacial score (nSPS) is 12.9. The first-order valence-electron chi connectivity index (χ1n) is 12.5. The van der Waals surface area contributed by atoms with Crippen LogP contribution in [0.4, 0.5) is 5.69 Å². The summed E-state index contributed by atoms with van der Waals surface area (Å²) in [5, 5.41) is 3.41. The quantitative estimate of drug-likeness (QED) is 0.370. The molecule has 0 aromatic heterocycles. The summed E-state index contributed by atoms with van der Waals surface area (Å²) in [7, 11) is -2.00. The molecule has 0 bridgehead atoms. The zero-order chi connectivity index (χ0) is 27.6. The van der Waals surface area contributed by atoms with E-state index in [0.717, 1.165) is 18.2 Å². The maximum Gasteiger partial charge on any atom is 0.243 e. The van der Waals surface area contributed by atoms with Crippen LogP contribution in [0, 0.1) is 0 Å². The molecule has 204 valence electrons. The molecule has 10 heteroatoms. The van der Waals surface area contributed by atoms with E-state index >= 15 is 0 Å². The van der Waals surface area contributed by atoms with Crippen molar-refractivity contribution >= 4 is 39.1 Å². The maximum absolute atomic E-state index is 13.5. The van der Waals surface area contributed by atoms with Crippen LogP contribution >= 0.6 is 11.6 Å². The van der Waals surface area contributed by atoms with Gasteiger partial charge in [-0.05, 0) is 62.1 Å². The van der Waals surface area contributed by atoms with E-state index < -0.39 is 16.1 Å². The van der Waals surface area contributed by atoms with Gasteiger partial charge in [-0.2, -0.15) is 0 Å². The third kappa shape index (κ3) is 9.23. The van der Waals surface area contributed by atoms with E-state index in [-0.39, 0.29) is 43.8 Å². The minimum Gasteiger partial charge on any atom is -0.497 e. The van der Waals surface area contributed by atoms with E-state index in [1.807, 2.05) is 45.0 Å². The molecule has 0 unspecified atom stereocenters. The van der Waals surface area contributed by atoms with E-state index in [0.29, 0.717) is 22.9 Å². The minimum atomic E-state index is -3.59. The molecule has 2 aromatic rings. The van der Waals surface area contributed by atoms with Crippen molar-refractivity contribution in [2.45, 2.75) is 65.1 Å². The van der Waals surface area contributed by atoms with Gasteiger partial charge in [0.2, 0.25) is 21.8 Å². The van der Waals surface area contributed by atoms with Crippen LogP contribution < -0.4 is 14.4 Å². The van der Waals surface area contributed by atoms with E-state index in [9.17, 15) is 18.0 Å². The number of methoxy groups -OCH3 is 1. The van der Waals surface area contributed by atoms with Crippen molar-refractivity contribution < 1.29 is 22.7 Å². The van der Waals surface area contributed by atoms with E-state index in [4.69, 9.17) is 16.3 Å². The summed E-state index contributed by atoms with van der Waals surface area (Å²) in [5.41, 5.74) is 1.30. The molecule has 1 N–H and O–H groups in total. The molecule has 2 rings (SSSR count). The lowest BCUT2D eigenvalue weighted by Gasteiger charge is -2.32. The number of rotatable bonds is 14. The fourth-order valence-corrected chi connectivity index (χ4v) is 5.07. The van der Waals surface area contributed by atoms with Crippen LogP contribution in [0.1, 0.15) is 52.0 Å². The molecule has 0 saturated carbocycles. The molecule has 8 nitrogen and oxygen atoms in total. The van der Waals surface area contributed by atoms with Crippen LogP contribution in [0.25, 0.3) is 0 Å². The van der Waals surface area contributed by atoms with E-state index in [1.165, 1.54) is 4.31 Å². The Bertz CT molecular complexity index is 1140. The average molecular weight is 552 g/mol. The van der Waals surface area contributed by atoms with E-state index in [1.54, 1.807) is 36.3 Å². The monoisotopic (exact) mass is 551 g/mol. The van der Waals surface area contributed by atoms with Crippen molar-refractivity contribution in [2.75, 3.05) is 24.2 Å². The molecule has 0 aliphatic carbocycles. The number of sulfonamides is 1. The molecule has 0 fully saturated rings. The van der Waals surface area contributed by atoms with Crippen molar-refractivity contribution in [1.29, 1.82) is 0 Å². The predicted molar refractivity (Wildman–Crippen MR) is 148 cm³/mol. The number of carbonyl (C=O) groups is 2. The number of carbonyl (C=O) groups excluding carboxylic acids is 2. The van der Waals surface area contributed by atoms with Crippen LogP contribution in [0.15, 0.2) is 48.5 Å². The van der Waals surface area contributed by atoms with Crippen LogP contribution in [0.2, 0.25) is 5.02 Å². The van der Waals surface area contributed by atoms with Gasteiger partial charge in [0.05, 0.1) is 19.1 Å². The molecule has 37 heavy (non-hydrogen) atoms. The largest absolute Gasteiger partial charge is 0.497 e. The highest BCUT2D eigenvalue weighted by Crippen LogP contribution is 2.23. The van der Waals surface area contributed by atoms with Gasteiger partial charge in [0.15, 0.2) is 0 Å². The molecular formula is C27H38ClN3O5S. The molecule has 2 atom stereocenters. The van der Waals surface area contributed by atoms with Gasteiger partial charge in [-0.1, -0.05) is 43.6 Å². The second kappa shape index (κ2) is 14.2. The smallest absolute Gasteiger partial charge is 0.243 e. The molecule has 0 aliphatic rings. The lowest BCUT2D eigenvalue weighted by molar-refractivity contribution is -0.141. The summed E-state index contributed by atoms with van der Waals surface area (Å²) >= 11 is 6.06. The topological polar surface area (TPSA) is 96.0 Å². The van der Waals surface area contributed by atoms with Crippen molar-refractivity contribution in [2.24, 2.45) is 0 Å². The van der Waals surface area contributed by atoms with Crippen molar-refractivity contribution in [3.8, 4) is 5.75 Å². The average Bonchev–Trinajstić information content (AvgIpc) is 2.85. The van der Waals surface area contributed by atoms with Crippen molar-refractivity contribution in [3.63, 3.8) is 0 Å². The number of hydrogen-bond donors (Lipinski definition) is 1. The number of amides is 2. The Balaban J connectivity index is 2.23. The Morgan fingerprint density at radius 2 is 1.76 bits per heavy atom. The van der Waals surface area contributed by atoms with Crippen molar-refractivity contribution in [3.05, 3.63) is 59.1 Å². The van der Waals surface area contributed by atoms with Gasteiger partial charge >= 0.3 is 0 Å². The Labute approximate surface area is 226 Å². The maximum atomic E-state index is 13.5. The van der Waals surface area contributed by atoms with Crippen LogP contribution in [0.3, 0.4) is 0 Å². The summed E-state index contributed by atoms with van der Waals surface area (Å²) in [6.45, 7) is 6.14. The van der Waals surface area contributed by atoms with Gasteiger partial charge in [0, 0.05) is 30.6 Å². The highest BCUT2D eigenvalue weighted by molar-refractivity contribution is 7.92. The first-order chi connectivity index (χ1) is 17.5. The van der Waals surface area contributed by atoms with Gasteiger partial charge in [-0.15, -0.1) is 0 Å². The van der Waals surface area contributed by atoms with Crippen molar-refractivity contribution in [1.82, 2.24) is 10.2 Å². The van der Waals surface area contributed by atoms with Gasteiger partial charge in [-0.25, -0.2) is 8.42 Å². The number of ether oxygens (including phenoxy) is 1. The summed E-state index contributed by atoms with van der Waals surface area (Å²) < 4.78 is 31.4. The highest BCUT2D eigenvalue weighted by atomic mass is 35.5. The zero-order valence-corrected chi connectivity index (χ0v) is 23.8. The fraction of sp³-hybridized carbons (Fsp3) is 0.481. The summed E-state index contributed by atoms with van der Waals surface area (Å²) in [6, 6.07) is 13.3. The van der Waals surface area contributed by atoms with Gasteiger partial charge in [0.1, 0.15) is 11.8 Å². The number of nitrogens with one attached hydrogen (secondary N) is 1. The fourth-order valence-electron chi connectivity index (χ4n) is 3.92. The zero-order valence-electron chi connectivity index (χ0n) is 22.2. The lowest BCUT2D eigenvalue weighted by atomic mass is 10.1. The molecule has 2 aromatic carbocycles. The number of hydrogen-bond acceptors (Lipinski definition) is 5. The molecule has 2 amide bonds. The number of anilines is 1. The summed E-state index contributed by atoms with van der Waals surface area (Å²) in [5.74, 6) is 0.280. The first-order valence-corrected chi connectivity index (χ1v) is 14.7. The Morgan fingerprint density at radius 3 is 2.30 bits per heavy atom. The molecule has 0 saturated heterocycles. The van der Waals surface area contributed by atoms with Gasteiger partial charge in [0.25, 0.3) is 0 Å². The highest BCUT2D eigenvalue weighted by Gasteiger charge is 2.29. The van der Waals surface area contributed by atoms with Gasteiger partial charge in [-0.3, -0.25) is 13.9 Å². The SMILES string of the molecule is CC[C@H](C(=O)N[C@@H](C)CC)N(Cc1ccc(OC)cc1)C(=O)CCCN(c1cccc(Cl)c1)S(C)(=O)=O. The molecule has 0 heterocycles. The minimum absolute atomic E-state index is 0.0134. The second-order valence-electron chi connectivity index (χ2n) is 9.03. The molecule has 0 radical (unpaired) electrons. The summed E-state index contributed by atoms with van der Waals surface area (Å²) in [6.07, 6.45) is 2.70.